The summed E-state index contributed by atoms with van der Waals surface area (Å²) in [4.78, 5) is 16.4. The van der Waals surface area contributed by atoms with Gasteiger partial charge in [0.1, 0.15) is 0 Å². The predicted octanol–water partition coefficient (Wildman–Crippen LogP) is 2.12. The molecule has 1 heterocycles. The first kappa shape index (κ1) is 17.4. The van der Waals surface area contributed by atoms with Gasteiger partial charge in [-0.05, 0) is 52.1 Å². The van der Waals surface area contributed by atoms with Crippen molar-refractivity contribution in [1.82, 2.24) is 9.80 Å². The van der Waals surface area contributed by atoms with Crippen molar-refractivity contribution in [2.45, 2.75) is 58.5 Å². The monoisotopic (exact) mass is 284 g/mol. The number of hydrogen-bond acceptors (Lipinski definition) is 3. The van der Waals surface area contributed by atoms with Crippen molar-refractivity contribution in [3.63, 3.8) is 0 Å². The zero-order valence-electron chi connectivity index (χ0n) is 13.5. The molecule has 1 aliphatic heterocycles. The molecule has 0 aliphatic carbocycles. The molecule has 4 nitrogen and oxygen atoms in total. The largest absolute Gasteiger partial charge is 0.393 e. The minimum absolute atomic E-state index is 0.212. The number of carbonyl (C=O) groups is 1. The van der Waals surface area contributed by atoms with Gasteiger partial charge in [0.25, 0.3) is 0 Å². The fraction of sp³-hybridized carbons (Fsp3) is 0.938. The van der Waals surface area contributed by atoms with Crippen molar-refractivity contribution in [1.29, 1.82) is 0 Å². The fourth-order valence-corrected chi connectivity index (χ4v) is 2.82. The normalized spacial score (nSPS) is 18.6. The smallest absolute Gasteiger partial charge is 0.222 e. The molecule has 1 N–H and O–H groups in total. The Hall–Kier alpha value is -0.610. The second-order valence-electron chi connectivity index (χ2n) is 6.33. The minimum Gasteiger partial charge on any atom is -0.393 e. The number of nitrogens with zero attached hydrogens (tertiary/aromatic N) is 2. The van der Waals surface area contributed by atoms with E-state index in [0.717, 1.165) is 38.4 Å². The van der Waals surface area contributed by atoms with Crippen LogP contribution in [0.25, 0.3) is 0 Å². The molecule has 0 radical (unpaired) electrons. The Kier molecular flexibility index (Phi) is 8.15. The van der Waals surface area contributed by atoms with E-state index in [9.17, 15) is 9.90 Å². The summed E-state index contributed by atoms with van der Waals surface area (Å²) in [6, 6.07) is 0. The van der Waals surface area contributed by atoms with Gasteiger partial charge in [-0.2, -0.15) is 0 Å². The van der Waals surface area contributed by atoms with E-state index >= 15 is 0 Å². The molecule has 0 saturated carbocycles. The average Bonchev–Trinajstić information content (AvgIpc) is 2.43. The number of hydrogen-bond donors (Lipinski definition) is 1. The van der Waals surface area contributed by atoms with Crippen LogP contribution in [0.2, 0.25) is 0 Å². The maximum Gasteiger partial charge on any atom is 0.222 e. The highest BCUT2D eigenvalue weighted by molar-refractivity contribution is 5.76. The van der Waals surface area contributed by atoms with Gasteiger partial charge >= 0.3 is 0 Å². The number of rotatable bonds is 8. The lowest BCUT2D eigenvalue weighted by Crippen LogP contribution is -2.41. The first-order chi connectivity index (χ1) is 9.52. The molecule has 1 rings (SSSR count). The molecule has 118 valence electrons. The van der Waals surface area contributed by atoms with Gasteiger partial charge in [0.05, 0.1) is 6.10 Å². The third kappa shape index (κ3) is 6.71. The fourth-order valence-electron chi connectivity index (χ4n) is 2.82. The molecule has 1 unspecified atom stereocenters. The van der Waals surface area contributed by atoms with Gasteiger partial charge in [-0.3, -0.25) is 4.79 Å². The lowest BCUT2D eigenvalue weighted by Gasteiger charge is -2.34. The van der Waals surface area contributed by atoms with Crippen molar-refractivity contribution >= 4 is 5.91 Å². The molecule has 4 heteroatoms. The van der Waals surface area contributed by atoms with Crippen LogP contribution in [-0.4, -0.2) is 60.1 Å². The van der Waals surface area contributed by atoms with E-state index in [1.807, 2.05) is 4.90 Å². The maximum atomic E-state index is 12.0. The topological polar surface area (TPSA) is 43.8 Å². The van der Waals surface area contributed by atoms with Crippen LogP contribution in [-0.2, 0) is 4.79 Å². The lowest BCUT2D eigenvalue weighted by molar-refractivity contribution is -0.133. The van der Waals surface area contributed by atoms with Crippen molar-refractivity contribution in [3.8, 4) is 0 Å². The third-order valence-electron chi connectivity index (χ3n) is 4.21. The van der Waals surface area contributed by atoms with Crippen LogP contribution in [0, 0.1) is 5.92 Å². The Morgan fingerprint density at radius 1 is 1.40 bits per heavy atom. The zero-order chi connectivity index (χ0) is 15.0. The molecule has 1 saturated heterocycles. The summed E-state index contributed by atoms with van der Waals surface area (Å²) in [5, 5.41) is 9.24. The average molecular weight is 284 g/mol. The molecule has 1 aliphatic rings. The molecule has 0 spiro atoms. The number of carbonyl (C=O) groups excluding carboxylic acids is 1. The highest BCUT2D eigenvalue weighted by atomic mass is 16.3. The highest BCUT2D eigenvalue weighted by Gasteiger charge is 2.23. The number of aliphatic hydroxyl groups excluding tert-OH is 1. The van der Waals surface area contributed by atoms with Crippen molar-refractivity contribution in [2.24, 2.45) is 5.92 Å². The van der Waals surface area contributed by atoms with Crippen LogP contribution in [0.3, 0.4) is 0 Å². The lowest BCUT2D eigenvalue weighted by atomic mass is 9.96. The van der Waals surface area contributed by atoms with E-state index in [-0.39, 0.29) is 12.0 Å². The van der Waals surface area contributed by atoms with Crippen LogP contribution in [0.15, 0.2) is 0 Å². The Balaban J connectivity index is 2.20. The third-order valence-corrected chi connectivity index (χ3v) is 4.21. The number of unbranched alkanes of at least 4 members (excludes halogenated alkanes) is 1. The molecular formula is C16H32N2O2. The standard InChI is InChI=1S/C16H32N2O2/c1-4-5-10-17(3)13-15-8-11-18(12-9-15)16(20)7-6-14(2)19/h14-15,19H,4-13H2,1-3H3. The van der Waals surface area contributed by atoms with Crippen LogP contribution in [0.4, 0.5) is 0 Å². The number of amides is 1. The van der Waals surface area contributed by atoms with E-state index < -0.39 is 0 Å². The summed E-state index contributed by atoms with van der Waals surface area (Å²) in [5.41, 5.74) is 0. The molecule has 1 atom stereocenters. The van der Waals surface area contributed by atoms with E-state index in [1.54, 1.807) is 6.92 Å². The van der Waals surface area contributed by atoms with Crippen molar-refractivity contribution in [2.75, 3.05) is 33.2 Å². The van der Waals surface area contributed by atoms with Gasteiger partial charge in [-0.15, -0.1) is 0 Å². The second-order valence-corrected chi connectivity index (χ2v) is 6.33. The Bertz CT molecular complexity index is 274. The summed E-state index contributed by atoms with van der Waals surface area (Å²) in [6.45, 7) is 8.10. The van der Waals surface area contributed by atoms with Gasteiger partial charge in [-0.1, -0.05) is 13.3 Å². The molecule has 0 bridgehead atoms. The van der Waals surface area contributed by atoms with Gasteiger partial charge in [0.2, 0.25) is 5.91 Å². The van der Waals surface area contributed by atoms with E-state index in [4.69, 9.17) is 0 Å². The molecule has 0 aromatic carbocycles. The highest BCUT2D eigenvalue weighted by Crippen LogP contribution is 2.19. The van der Waals surface area contributed by atoms with E-state index in [1.165, 1.54) is 19.4 Å². The molecule has 1 fully saturated rings. The Morgan fingerprint density at radius 3 is 2.60 bits per heavy atom. The second kappa shape index (κ2) is 9.35. The summed E-state index contributed by atoms with van der Waals surface area (Å²) in [5.74, 6) is 0.946. The summed E-state index contributed by atoms with van der Waals surface area (Å²) in [7, 11) is 2.20. The van der Waals surface area contributed by atoms with Gasteiger partial charge in [-0.25, -0.2) is 0 Å². The van der Waals surface area contributed by atoms with Crippen LogP contribution in [0.5, 0.6) is 0 Å². The summed E-state index contributed by atoms with van der Waals surface area (Å²) < 4.78 is 0. The Morgan fingerprint density at radius 2 is 2.05 bits per heavy atom. The number of piperidine rings is 1. The summed E-state index contributed by atoms with van der Waals surface area (Å²) >= 11 is 0. The molecule has 0 aromatic rings. The molecule has 0 aromatic heterocycles. The number of aliphatic hydroxyl groups is 1. The minimum atomic E-state index is -0.372. The van der Waals surface area contributed by atoms with Crippen LogP contribution >= 0.6 is 0 Å². The van der Waals surface area contributed by atoms with Crippen molar-refractivity contribution < 1.29 is 9.90 Å². The molecule has 1 amide bonds. The molecular weight excluding hydrogens is 252 g/mol. The first-order valence-electron chi connectivity index (χ1n) is 8.17. The van der Waals surface area contributed by atoms with Crippen LogP contribution in [0.1, 0.15) is 52.4 Å². The van der Waals surface area contributed by atoms with E-state index in [0.29, 0.717) is 12.8 Å². The Labute approximate surface area is 124 Å². The number of likely N-dealkylation sites (tertiary alicyclic amines) is 1. The van der Waals surface area contributed by atoms with Crippen molar-refractivity contribution in [3.05, 3.63) is 0 Å². The van der Waals surface area contributed by atoms with Gasteiger partial charge in [0, 0.05) is 26.1 Å². The van der Waals surface area contributed by atoms with Gasteiger partial charge < -0.3 is 14.9 Å². The maximum absolute atomic E-state index is 12.0. The SMILES string of the molecule is CCCCN(C)CC1CCN(C(=O)CCC(C)O)CC1. The quantitative estimate of drug-likeness (QED) is 0.742. The van der Waals surface area contributed by atoms with Gasteiger partial charge in [0.15, 0.2) is 0 Å². The predicted molar refractivity (Wildman–Crippen MR) is 82.6 cm³/mol. The molecule has 20 heavy (non-hydrogen) atoms. The zero-order valence-corrected chi connectivity index (χ0v) is 13.5. The van der Waals surface area contributed by atoms with Crippen LogP contribution < -0.4 is 0 Å². The first-order valence-corrected chi connectivity index (χ1v) is 8.17. The van der Waals surface area contributed by atoms with E-state index in [2.05, 4.69) is 18.9 Å². The summed E-state index contributed by atoms with van der Waals surface area (Å²) in [6.07, 6.45) is 5.46.